The van der Waals surface area contributed by atoms with E-state index in [-0.39, 0.29) is 17.3 Å². The van der Waals surface area contributed by atoms with Crippen LogP contribution in [0.4, 0.5) is 0 Å². The number of hydrogen-bond acceptors (Lipinski definition) is 6. The van der Waals surface area contributed by atoms with Gasteiger partial charge in [-0.2, -0.15) is 9.40 Å². The second-order valence-corrected chi connectivity index (χ2v) is 8.62. The van der Waals surface area contributed by atoms with Crippen molar-refractivity contribution in [3.8, 4) is 0 Å². The molecule has 10 heteroatoms. The van der Waals surface area contributed by atoms with Crippen LogP contribution < -0.4 is 5.32 Å². The number of carbonyl (C=O) groups is 1. The lowest BCUT2D eigenvalue weighted by Gasteiger charge is -2.26. The maximum absolute atomic E-state index is 12.8. The number of sulfonamides is 1. The van der Waals surface area contributed by atoms with Gasteiger partial charge in [0.1, 0.15) is 0 Å². The number of aliphatic hydroxyl groups is 1. The molecule has 1 amide bonds. The Kier molecular flexibility index (Phi) is 4.96. The Morgan fingerprint density at radius 3 is 2.88 bits per heavy atom. The third kappa shape index (κ3) is 3.34. The first-order valence-corrected chi connectivity index (χ1v) is 10.2. The second kappa shape index (κ2) is 6.87. The first-order chi connectivity index (χ1) is 11.9. The van der Waals surface area contributed by atoms with E-state index < -0.39 is 16.1 Å². The minimum Gasteiger partial charge on any atom is -0.387 e. The van der Waals surface area contributed by atoms with Gasteiger partial charge in [0.15, 0.2) is 0 Å². The number of hydrogen-bond donors (Lipinski definition) is 2. The molecule has 1 atom stereocenters. The van der Waals surface area contributed by atoms with E-state index in [2.05, 4.69) is 10.4 Å². The van der Waals surface area contributed by atoms with Crippen molar-refractivity contribution in [2.24, 2.45) is 0 Å². The van der Waals surface area contributed by atoms with Crippen molar-refractivity contribution in [3.05, 3.63) is 33.8 Å². The van der Waals surface area contributed by atoms with Gasteiger partial charge in [0, 0.05) is 19.0 Å². The van der Waals surface area contributed by atoms with Gasteiger partial charge in [-0.05, 0) is 18.6 Å². The fraction of sp³-hybridized carbons (Fsp3) is 0.467. The Hall–Kier alpha value is -1.75. The predicted molar refractivity (Wildman–Crippen MR) is 92.8 cm³/mol. The Labute approximate surface area is 150 Å². The average Bonchev–Trinajstić information content (AvgIpc) is 3.26. The lowest BCUT2D eigenvalue weighted by molar-refractivity contribution is 0.0967. The summed E-state index contributed by atoms with van der Waals surface area (Å²) in [5.41, 5.74) is 1.31. The maximum atomic E-state index is 12.8. The van der Waals surface area contributed by atoms with Crippen molar-refractivity contribution in [1.82, 2.24) is 19.4 Å². The minimum atomic E-state index is -3.68. The summed E-state index contributed by atoms with van der Waals surface area (Å²) in [7, 11) is -2.18. The van der Waals surface area contributed by atoms with Crippen LogP contribution >= 0.6 is 11.3 Å². The molecule has 2 N–H and O–H groups in total. The highest BCUT2D eigenvalue weighted by Crippen LogP contribution is 2.27. The molecule has 0 aromatic carbocycles. The van der Waals surface area contributed by atoms with Gasteiger partial charge in [-0.1, -0.05) is 6.92 Å². The zero-order chi connectivity index (χ0) is 18.2. The minimum absolute atomic E-state index is 0.123. The van der Waals surface area contributed by atoms with Gasteiger partial charge in [-0.15, -0.1) is 11.3 Å². The topological polar surface area (TPSA) is 105 Å². The monoisotopic (exact) mass is 384 g/mol. The number of nitrogens with one attached hydrogen (secondary N) is 1. The number of amides is 1. The van der Waals surface area contributed by atoms with E-state index in [1.807, 2.05) is 6.92 Å². The van der Waals surface area contributed by atoms with Crippen molar-refractivity contribution in [2.45, 2.75) is 37.4 Å². The molecule has 0 radical (unpaired) electrons. The normalized spacial score (nSPS) is 16.4. The van der Waals surface area contributed by atoms with Crippen LogP contribution in [0.15, 0.2) is 22.4 Å². The Morgan fingerprint density at radius 1 is 1.44 bits per heavy atom. The Bertz CT molecular complexity index is 887. The Morgan fingerprint density at radius 2 is 2.20 bits per heavy atom. The molecule has 8 nitrogen and oxygen atoms in total. The molecule has 1 aliphatic heterocycles. The highest BCUT2D eigenvalue weighted by Gasteiger charge is 2.31. The molecule has 0 unspecified atom stereocenters. The second-order valence-electron chi connectivity index (χ2n) is 5.77. The largest absolute Gasteiger partial charge is 0.387 e. The van der Waals surface area contributed by atoms with E-state index in [0.29, 0.717) is 30.1 Å². The fourth-order valence-corrected chi connectivity index (χ4v) is 5.30. The summed E-state index contributed by atoms with van der Waals surface area (Å²) in [5, 5.41) is 18.2. The highest BCUT2D eigenvalue weighted by atomic mass is 32.2. The van der Waals surface area contributed by atoms with Crippen LogP contribution in [0.3, 0.4) is 0 Å². The summed E-state index contributed by atoms with van der Waals surface area (Å²) in [6.45, 7) is 2.78. The number of thiophene rings is 1. The van der Waals surface area contributed by atoms with E-state index in [4.69, 9.17) is 0 Å². The van der Waals surface area contributed by atoms with Crippen molar-refractivity contribution < 1.29 is 18.3 Å². The van der Waals surface area contributed by atoms with Crippen LogP contribution in [0.25, 0.3) is 0 Å². The lowest BCUT2D eigenvalue weighted by Crippen LogP contribution is -2.38. The molecule has 2 aromatic rings. The molecular weight excluding hydrogens is 364 g/mol. The van der Waals surface area contributed by atoms with E-state index in [1.54, 1.807) is 10.7 Å². The standard InChI is InChI=1S/C15H20N4O4S2/c1-3-13(20)12-6-10-8-18(4-5-19(10)17-12)25(22,23)11-7-14(24-9-11)15(21)16-2/h6-7,9,13,20H,3-5,8H2,1-2H3,(H,16,21)/t13-/m0/s1. The van der Waals surface area contributed by atoms with Crippen molar-refractivity contribution >= 4 is 27.3 Å². The summed E-state index contributed by atoms with van der Waals surface area (Å²) in [6, 6.07) is 3.15. The summed E-state index contributed by atoms with van der Waals surface area (Å²) >= 11 is 1.10. The molecule has 3 rings (SSSR count). The van der Waals surface area contributed by atoms with E-state index in [9.17, 15) is 18.3 Å². The molecule has 0 aliphatic carbocycles. The summed E-state index contributed by atoms with van der Waals surface area (Å²) in [5.74, 6) is -0.304. The van der Waals surface area contributed by atoms with Crippen LogP contribution in [0.2, 0.25) is 0 Å². The molecule has 2 aromatic heterocycles. The molecule has 0 saturated heterocycles. The van der Waals surface area contributed by atoms with Gasteiger partial charge in [-0.3, -0.25) is 9.48 Å². The van der Waals surface area contributed by atoms with Gasteiger partial charge in [0.2, 0.25) is 10.0 Å². The summed E-state index contributed by atoms with van der Waals surface area (Å²) in [4.78, 5) is 12.1. The number of carbonyl (C=O) groups excluding carboxylic acids is 1. The molecule has 0 saturated carbocycles. The maximum Gasteiger partial charge on any atom is 0.261 e. The highest BCUT2D eigenvalue weighted by molar-refractivity contribution is 7.89. The van der Waals surface area contributed by atoms with Crippen LogP contribution in [0, 0.1) is 0 Å². The average molecular weight is 384 g/mol. The molecule has 0 bridgehead atoms. The van der Waals surface area contributed by atoms with Crippen LogP contribution in [-0.4, -0.2) is 47.1 Å². The number of aliphatic hydroxyl groups excluding tert-OH is 1. The van der Waals surface area contributed by atoms with Gasteiger partial charge in [-0.25, -0.2) is 8.42 Å². The van der Waals surface area contributed by atoms with E-state index >= 15 is 0 Å². The molecule has 0 fully saturated rings. The van der Waals surface area contributed by atoms with Crippen molar-refractivity contribution in [2.75, 3.05) is 13.6 Å². The Balaban J connectivity index is 1.84. The van der Waals surface area contributed by atoms with Crippen molar-refractivity contribution in [1.29, 1.82) is 0 Å². The first-order valence-electron chi connectivity index (χ1n) is 7.92. The zero-order valence-corrected chi connectivity index (χ0v) is 15.6. The number of rotatable bonds is 5. The van der Waals surface area contributed by atoms with E-state index in [1.165, 1.54) is 22.8 Å². The van der Waals surface area contributed by atoms with Gasteiger partial charge in [0.25, 0.3) is 5.91 Å². The smallest absolute Gasteiger partial charge is 0.261 e. The van der Waals surface area contributed by atoms with Gasteiger partial charge >= 0.3 is 0 Å². The van der Waals surface area contributed by atoms with E-state index in [0.717, 1.165) is 17.0 Å². The molecular formula is C15H20N4O4S2. The number of fused-ring (bicyclic) bond motifs is 1. The SMILES string of the molecule is CC[C@H](O)c1cc2n(n1)CCN(S(=O)(=O)c1csc(C(=O)NC)c1)C2. The predicted octanol–water partition coefficient (Wildman–Crippen LogP) is 0.952. The first kappa shape index (κ1) is 18.1. The zero-order valence-electron chi connectivity index (χ0n) is 14.0. The molecule has 136 valence electrons. The third-order valence-electron chi connectivity index (χ3n) is 4.17. The van der Waals surface area contributed by atoms with Gasteiger partial charge in [0.05, 0.1) is 40.4 Å². The number of aromatic nitrogens is 2. The lowest BCUT2D eigenvalue weighted by atomic mass is 10.2. The third-order valence-corrected chi connectivity index (χ3v) is 7.07. The quantitative estimate of drug-likeness (QED) is 0.799. The van der Waals surface area contributed by atoms with Crippen molar-refractivity contribution in [3.63, 3.8) is 0 Å². The molecule has 1 aliphatic rings. The fourth-order valence-electron chi connectivity index (χ4n) is 2.69. The van der Waals surface area contributed by atoms with Crippen LogP contribution in [0.1, 0.15) is 40.5 Å². The summed E-state index contributed by atoms with van der Waals surface area (Å²) in [6.07, 6.45) is -0.0922. The number of nitrogens with zero attached hydrogens (tertiary/aromatic N) is 3. The van der Waals surface area contributed by atoms with Gasteiger partial charge < -0.3 is 10.4 Å². The molecule has 3 heterocycles. The summed E-state index contributed by atoms with van der Waals surface area (Å²) < 4.78 is 28.8. The van der Waals surface area contributed by atoms with Crippen LogP contribution in [0.5, 0.6) is 0 Å². The molecule has 0 spiro atoms. The van der Waals surface area contributed by atoms with Crippen LogP contribution in [-0.2, 0) is 23.1 Å². The molecule has 25 heavy (non-hydrogen) atoms.